The SMILES string of the molecule is COc1cc(Cl)c(C)cc1NC(=O)C(C)Nc1ccc(N2CCCCC2)cc1. The van der Waals surface area contributed by atoms with Gasteiger partial charge in [0.2, 0.25) is 5.91 Å². The van der Waals surface area contributed by atoms with Crippen LogP contribution in [-0.4, -0.2) is 32.1 Å². The van der Waals surface area contributed by atoms with Gasteiger partial charge in [-0.2, -0.15) is 0 Å². The maximum Gasteiger partial charge on any atom is 0.246 e. The molecule has 0 bridgehead atoms. The third-order valence-corrected chi connectivity index (χ3v) is 5.51. The second kappa shape index (κ2) is 9.20. The summed E-state index contributed by atoms with van der Waals surface area (Å²) >= 11 is 6.13. The number of anilines is 3. The largest absolute Gasteiger partial charge is 0.495 e. The first kappa shape index (κ1) is 20.3. The molecule has 0 aliphatic carbocycles. The fraction of sp³-hybridized carbons (Fsp3) is 0.409. The highest BCUT2D eigenvalue weighted by Gasteiger charge is 2.17. The first-order chi connectivity index (χ1) is 13.5. The van der Waals surface area contributed by atoms with E-state index in [4.69, 9.17) is 16.3 Å². The minimum absolute atomic E-state index is 0.139. The smallest absolute Gasteiger partial charge is 0.246 e. The van der Waals surface area contributed by atoms with Gasteiger partial charge in [0.05, 0.1) is 12.8 Å². The lowest BCUT2D eigenvalue weighted by atomic mass is 10.1. The van der Waals surface area contributed by atoms with Crippen molar-refractivity contribution >= 4 is 34.6 Å². The van der Waals surface area contributed by atoms with E-state index in [2.05, 4.69) is 27.7 Å². The molecule has 1 amide bonds. The number of halogens is 1. The topological polar surface area (TPSA) is 53.6 Å². The van der Waals surface area contributed by atoms with Crippen molar-refractivity contribution in [2.75, 3.05) is 35.7 Å². The van der Waals surface area contributed by atoms with E-state index in [-0.39, 0.29) is 5.91 Å². The Balaban J connectivity index is 1.62. The lowest BCUT2D eigenvalue weighted by Crippen LogP contribution is -2.32. The summed E-state index contributed by atoms with van der Waals surface area (Å²) in [5.74, 6) is 0.405. The van der Waals surface area contributed by atoms with Crippen LogP contribution in [0.25, 0.3) is 0 Å². The Morgan fingerprint density at radius 3 is 2.46 bits per heavy atom. The molecule has 1 atom stereocenters. The highest BCUT2D eigenvalue weighted by molar-refractivity contribution is 6.31. The van der Waals surface area contributed by atoms with Crippen molar-refractivity contribution in [1.82, 2.24) is 0 Å². The molecule has 1 unspecified atom stereocenters. The molecule has 0 spiro atoms. The summed E-state index contributed by atoms with van der Waals surface area (Å²) in [6, 6.07) is 11.4. The van der Waals surface area contributed by atoms with E-state index in [1.54, 1.807) is 13.2 Å². The molecule has 1 aliphatic rings. The Hall–Kier alpha value is -2.40. The van der Waals surface area contributed by atoms with E-state index in [0.29, 0.717) is 16.5 Å². The van der Waals surface area contributed by atoms with Gasteiger partial charge in [0.25, 0.3) is 0 Å². The zero-order chi connectivity index (χ0) is 20.1. The van der Waals surface area contributed by atoms with Crippen molar-refractivity contribution in [1.29, 1.82) is 0 Å². The minimum Gasteiger partial charge on any atom is -0.495 e. The lowest BCUT2D eigenvalue weighted by molar-refractivity contribution is -0.116. The van der Waals surface area contributed by atoms with Gasteiger partial charge in [-0.1, -0.05) is 11.6 Å². The maximum absolute atomic E-state index is 12.6. The fourth-order valence-electron chi connectivity index (χ4n) is 3.41. The van der Waals surface area contributed by atoms with Crippen LogP contribution in [0.1, 0.15) is 31.7 Å². The number of hydrogen-bond donors (Lipinski definition) is 2. The monoisotopic (exact) mass is 401 g/mol. The zero-order valence-corrected chi connectivity index (χ0v) is 17.5. The molecule has 2 N–H and O–H groups in total. The van der Waals surface area contributed by atoms with Crippen LogP contribution in [0.3, 0.4) is 0 Å². The van der Waals surface area contributed by atoms with Crippen molar-refractivity contribution < 1.29 is 9.53 Å². The first-order valence-electron chi connectivity index (χ1n) is 9.74. The summed E-state index contributed by atoms with van der Waals surface area (Å²) in [4.78, 5) is 15.0. The van der Waals surface area contributed by atoms with Crippen LogP contribution in [-0.2, 0) is 4.79 Å². The number of nitrogens with zero attached hydrogens (tertiary/aromatic N) is 1. The van der Waals surface area contributed by atoms with Gasteiger partial charge in [-0.15, -0.1) is 0 Å². The molecular formula is C22H28ClN3O2. The van der Waals surface area contributed by atoms with Gasteiger partial charge in [0, 0.05) is 35.6 Å². The average molecular weight is 402 g/mol. The van der Waals surface area contributed by atoms with Crippen LogP contribution in [0.15, 0.2) is 36.4 Å². The number of methoxy groups -OCH3 is 1. The Kier molecular flexibility index (Phi) is 6.68. The molecule has 1 aliphatic heterocycles. The summed E-state index contributed by atoms with van der Waals surface area (Å²) in [5, 5.41) is 6.78. The Labute approximate surface area is 172 Å². The molecule has 6 heteroatoms. The molecule has 0 radical (unpaired) electrons. The van der Waals surface area contributed by atoms with Crippen LogP contribution in [0.5, 0.6) is 5.75 Å². The number of carbonyl (C=O) groups excluding carboxylic acids is 1. The first-order valence-corrected chi connectivity index (χ1v) is 10.1. The van der Waals surface area contributed by atoms with E-state index in [1.165, 1.54) is 24.9 Å². The molecule has 2 aromatic carbocycles. The second-order valence-corrected chi connectivity index (χ2v) is 7.66. The number of amides is 1. The summed E-state index contributed by atoms with van der Waals surface area (Å²) in [6.45, 7) is 5.97. The van der Waals surface area contributed by atoms with Crippen molar-refractivity contribution in [2.45, 2.75) is 39.2 Å². The number of hydrogen-bond acceptors (Lipinski definition) is 4. The van der Waals surface area contributed by atoms with Crippen molar-refractivity contribution in [3.05, 3.63) is 47.0 Å². The minimum atomic E-state index is -0.401. The highest BCUT2D eigenvalue weighted by Crippen LogP contribution is 2.31. The second-order valence-electron chi connectivity index (χ2n) is 7.25. The Morgan fingerprint density at radius 1 is 1.14 bits per heavy atom. The molecule has 2 aromatic rings. The standard InChI is InChI=1S/C22H28ClN3O2/c1-15-13-20(21(28-3)14-19(15)23)25-22(27)16(2)24-17-7-9-18(10-8-17)26-11-5-4-6-12-26/h7-10,13-14,16,24H,4-6,11-12H2,1-3H3,(H,25,27). The number of nitrogens with one attached hydrogen (secondary N) is 2. The van der Waals surface area contributed by atoms with Crippen LogP contribution >= 0.6 is 11.6 Å². The fourth-order valence-corrected chi connectivity index (χ4v) is 3.56. The molecule has 150 valence electrons. The zero-order valence-electron chi connectivity index (χ0n) is 16.7. The van der Waals surface area contributed by atoms with E-state index >= 15 is 0 Å². The molecule has 1 heterocycles. The Morgan fingerprint density at radius 2 is 1.82 bits per heavy atom. The number of carbonyl (C=O) groups is 1. The van der Waals surface area contributed by atoms with Crippen LogP contribution in [0.2, 0.25) is 5.02 Å². The summed E-state index contributed by atoms with van der Waals surface area (Å²) in [7, 11) is 1.56. The molecule has 28 heavy (non-hydrogen) atoms. The van der Waals surface area contributed by atoms with Crippen molar-refractivity contribution in [2.24, 2.45) is 0 Å². The van der Waals surface area contributed by atoms with Gasteiger partial charge < -0.3 is 20.3 Å². The van der Waals surface area contributed by atoms with Gasteiger partial charge in [-0.05, 0) is 69.0 Å². The van der Waals surface area contributed by atoms with Gasteiger partial charge in [-0.3, -0.25) is 4.79 Å². The third-order valence-electron chi connectivity index (χ3n) is 5.10. The van der Waals surface area contributed by atoms with Crippen molar-refractivity contribution in [3.8, 4) is 5.75 Å². The number of rotatable bonds is 6. The summed E-state index contributed by atoms with van der Waals surface area (Å²) < 4.78 is 5.33. The van der Waals surface area contributed by atoms with E-state index < -0.39 is 6.04 Å². The molecule has 1 saturated heterocycles. The Bertz CT molecular complexity index is 817. The van der Waals surface area contributed by atoms with Crippen molar-refractivity contribution in [3.63, 3.8) is 0 Å². The molecule has 3 rings (SSSR count). The third kappa shape index (κ3) is 4.90. The summed E-state index contributed by atoms with van der Waals surface area (Å²) in [5.41, 5.74) is 3.65. The predicted octanol–water partition coefficient (Wildman–Crippen LogP) is 5.09. The van der Waals surface area contributed by atoms with E-state index in [1.807, 2.05) is 32.0 Å². The van der Waals surface area contributed by atoms with E-state index in [0.717, 1.165) is 24.3 Å². The molecule has 0 saturated carbocycles. The van der Waals surface area contributed by atoms with Crippen LogP contribution in [0, 0.1) is 6.92 Å². The van der Waals surface area contributed by atoms with E-state index in [9.17, 15) is 4.79 Å². The quantitative estimate of drug-likeness (QED) is 0.708. The molecular weight excluding hydrogens is 374 g/mol. The van der Waals surface area contributed by atoms with Gasteiger partial charge in [0.1, 0.15) is 11.8 Å². The molecule has 0 aromatic heterocycles. The summed E-state index contributed by atoms with van der Waals surface area (Å²) in [6.07, 6.45) is 3.83. The predicted molar refractivity (Wildman–Crippen MR) is 117 cm³/mol. The van der Waals surface area contributed by atoms with Crippen LogP contribution < -0.4 is 20.3 Å². The number of aryl methyl sites for hydroxylation is 1. The molecule has 1 fully saturated rings. The van der Waals surface area contributed by atoms with Gasteiger partial charge in [-0.25, -0.2) is 0 Å². The highest BCUT2D eigenvalue weighted by atomic mass is 35.5. The molecule has 5 nitrogen and oxygen atoms in total. The number of ether oxygens (including phenoxy) is 1. The number of piperidine rings is 1. The van der Waals surface area contributed by atoms with Gasteiger partial charge in [0.15, 0.2) is 0 Å². The maximum atomic E-state index is 12.6. The van der Waals surface area contributed by atoms with Gasteiger partial charge >= 0.3 is 0 Å². The average Bonchev–Trinajstić information content (AvgIpc) is 2.71. The number of benzene rings is 2. The lowest BCUT2D eigenvalue weighted by Gasteiger charge is -2.29. The van der Waals surface area contributed by atoms with Crippen LogP contribution in [0.4, 0.5) is 17.1 Å². The normalized spacial score (nSPS) is 15.1.